The molecule has 5 nitrogen and oxygen atoms in total. The van der Waals surface area contributed by atoms with Crippen molar-refractivity contribution in [1.29, 1.82) is 0 Å². The molecular formula is C13H16N4O. The minimum atomic E-state index is 0.543. The van der Waals surface area contributed by atoms with E-state index in [0.717, 1.165) is 17.0 Å². The molecular weight excluding hydrogens is 228 g/mol. The fraction of sp³-hybridized carbons (Fsp3) is 0.231. The van der Waals surface area contributed by atoms with Gasteiger partial charge in [-0.15, -0.1) is 0 Å². The second-order valence-electron chi connectivity index (χ2n) is 3.93. The maximum absolute atomic E-state index is 5.59. The quantitative estimate of drug-likeness (QED) is 0.620. The van der Waals surface area contributed by atoms with Crippen molar-refractivity contribution in [3.8, 4) is 5.75 Å². The smallest absolute Gasteiger partial charge is 0.222 e. The predicted octanol–water partition coefficient (Wildman–Crippen LogP) is 1.86. The first-order valence-electron chi connectivity index (χ1n) is 5.75. The van der Waals surface area contributed by atoms with E-state index in [2.05, 4.69) is 15.3 Å². The van der Waals surface area contributed by atoms with Crippen molar-refractivity contribution in [1.82, 2.24) is 9.97 Å². The Bertz CT molecular complexity index is 434. The molecule has 5 heteroatoms. The first-order valence-corrected chi connectivity index (χ1v) is 5.75. The Balaban J connectivity index is 1.73. The van der Waals surface area contributed by atoms with Gasteiger partial charge in [-0.05, 0) is 36.8 Å². The van der Waals surface area contributed by atoms with Gasteiger partial charge in [0, 0.05) is 18.1 Å². The molecule has 0 spiro atoms. The molecule has 0 radical (unpaired) electrons. The van der Waals surface area contributed by atoms with E-state index in [1.807, 2.05) is 31.2 Å². The van der Waals surface area contributed by atoms with E-state index in [4.69, 9.17) is 10.5 Å². The fourth-order valence-electron chi connectivity index (χ4n) is 1.38. The Morgan fingerprint density at radius 2 is 1.83 bits per heavy atom. The zero-order valence-electron chi connectivity index (χ0n) is 10.3. The summed E-state index contributed by atoms with van der Waals surface area (Å²) in [5.74, 6) is 1.41. The summed E-state index contributed by atoms with van der Waals surface area (Å²) in [4.78, 5) is 8.28. The Morgan fingerprint density at radius 3 is 2.50 bits per heavy atom. The van der Waals surface area contributed by atoms with Crippen molar-refractivity contribution in [3.05, 3.63) is 42.2 Å². The molecule has 0 saturated carbocycles. The molecule has 18 heavy (non-hydrogen) atoms. The fourth-order valence-corrected chi connectivity index (χ4v) is 1.38. The Morgan fingerprint density at radius 1 is 1.17 bits per heavy atom. The van der Waals surface area contributed by atoms with Crippen LogP contribution in [0.3, 0.4) is 0 Å². The average molecular weight is 244 g/mol. The number of aromatic nitrogens is 2. The van der Waals surface area contributed by atoms with Crippen molar-refractivity contribution in [3.63, 3.8) is 0 Å². The van der Waals surface area contributed by atoms with Crippen molar-refractivity contribution >= 4 is 11.6 Å². The molecule has 0 aliphatic heterocycles. The highest BCUT2D eigenvalue weighted by atomic mass is 16.5. The number of ether oxygens (including phenoxy) is 1. The number of nitrogens with one attached hydrogen (secondary N) is 1. The normalized spacial score (nSPS) is 10.1. The van der Waals surface area contributed by atoms with Gasteiger partial charge in [0.1, 0.15) is 12.4 Å². The van der Waals surface area contributed by atoms with Gasteiger partial charge in [0.05, 0.1) is 6.54 Å². The number of nitrogen functional groups attached to an aromatic ring is 1. The molecule has 2 rings (SSSR count). The monoisotopic (exact) mass is 244 g/mol. The number of rotatable bonds is 5. The van der Waals surface area contributed by atoms with Gasteiger partial charge in [0.2, 0.25) is 5.95 Å². The third-order valence-corrected chi connectivity index (χ3v) is 2.31. The van der Waals surface area contributed by atoms with Gasteiger partial charge in [-0.1, -0.05) is 0 Å². The van der Waals surface area contributed by atoms with Crippen molar-refractivity contribution < 1.29 is 4.74 Å². The van der Waals surface area contributed by atoms with Crippen LogP contribution < -0.4 is 15.8 Å². The van der Waals surface area contributed by atoms with E-state index in [9.17, 15) is 0 Å². The van der Waals surface area contributed by atoms with E-state index < -0.39 is 0 Å². The Kier molecular flexibility index (Phi) is 3.96. The van der Waals surface area contributed by atoms with Crippen LogP contribution in [0.1, 0.15) is 5.56 Å². The zero-order valence-corrected chi connectivity index (χ0v) is 10.3. The lowest BCUT2D eigenvalue weighted by molar-refractivity contribution is 0.332. The molecule has 0 amide bonds. The lowest BCUT2D eigenvalue weighted by Gasteiger charge is -2.07. The second kappa shape index (κ2) is 5.86. The van der Waals surface area contributed by atoms with Crippen LogP contribution in [0.25, 0.3) is 0 Å². The molecule has 94 valence electrons. The van der Waals surface area contributed by atoms with Crippen LogP contribution >= 0.6 is 0 Å². The summed E-state index contributed by atoms with van der Waals surface area (Å²) in [6.07, 6.45) is 3.55. The number of nitrogens with two attached hydrogens (primary N) is 1. The maximum Gasteiger partial charge on any atom is 0.222 e. The molecule has 0 bridgehead atoms. The summed E-state index contributed by atoms with van der Waals surface area (Å²) in [6, 6.07) is 7.31. The van der Waals surface area contributed by atoms with Crippen LogP contribution in [0.4, 0.5) is 11.6 Å². The first-order chi connectivity index (χ1) is 8.74. The molecule has 0 atom stereocenters. The van der Waals surface area contributed by atoms with Crippen LogP contribution in [0.15, 0.2) is 36.7 Å². The highest BCUT2D eigenvalue weighted by Crippen LogP contribution is 2.12. The number of aryl methyl sites for hydroxylation is 1. The van der Waals surface area contributed by atoms with E-state index in [1.165, 1.54) is 0 Å². The van der Waals surface area contributed by atoms with Crippen LogP contribution in [-0.2, 0) is 0 Å². The maximum atomic E-state index is 5.59. The standard InChI is InChI=1S/C13H16N4O/c1-10-8-16-13(17-9-10)15-6-7-18-12-4-2-11(14)3-5-12/h2-5,8-9H,6-7,14H2,1H3,(H,15,16,17). The molecule has 1 aromatic heterocycles. The molecule has 0 unspecified atom stereocenters. The molecule has 1 aromatic carbocycles. The highest BCUT2D eigenvalue weighted by Gasteiger charge is 1.96. The average Bonchev–Trinajstić information content (AvgIpc) is 2.39. The van der Waals surface area contributed by atoms with Gasteiger partial charge >= 0.3 is 0 Å². The number of benzene rings is 1. The summed E-state index contributed by atoms with van der Waals surface area (Å²) in [6.45, 7) is 3.14. The summed E-state index contributed by atoms with van der Waals surface area (Å²) in [5.41, 5.74) is 7.36. The SMILES string of the molecule is Cc1cnc(NCCOc2ccc(N)cc2)nc1. The lowest BCUT2D eigenvalue weighted by Crippen LogP contribution is -2.13. The van der Waals surface area contributed by atoms with Crippen LogP contribution in [0, 0.1) is 6.92 Å². The van der Waals surface area contributed by atoms with Gasteiger partial charge in [-0.2, -0.15) is 0 Å². The highest BCUT2D eigenvalue weighted by molar-refractivity contribution is 5.41. The number of anilines is 2. The minimum absolute atomic E-state index is 0.543. The summed E-state index contributed by atoms with van der Waals surface area (Å²) >= 11 is 0. The molecule has 0 saturated heterocycles. The summed E-state index contributed by atoms with van der Waals surface area (Å²) in [5, 5.41) is 3.08. The van der Waals surface area contributed by atoms with Crippen molar-refractivity contribution in [2.24, 2.45) is 0 Å². The van der Waals surface area contributed by atoms with E-state index in [-0.39, 0.29) is 0 Å². The largest absolute Gasteiger partial charge is 0.492 e. The van der Waals surface area contributed by atoms with Crippen LogP contribution in [-0.4, -0.2) is 23.1 Å². The molecule has 1 heterocycles. The van der Waals surface area contributed by atoms with E-state index >= 15 is 0 Å². The van der Waals surface area contributed by atoms with Gasteiger partial charge in [0.25, 0.3) is 0 Å². The predicted molar refractivity (Wildman–Crippen MR) is 71.6 cm³/mol. The van der Waals surface area contributed by atoms with E-state index in [1.54, 1.807) is 12.4 Å². The van der Waals surface area contributed by atoms with Gasteiger partial charge in [-0.25, -0.2) is 9.97 Å². The van der Waals surface area contributed by atoms with Crippen LogP contribution in [0.2, 0.25) is 0 Å². The lowest BCUT2D eigenvalue weighted by atomic mass is 10.3. The van der Waals surface area contributed by atoms with Gasteiger partial charge in [-0.3, -0.25) is 0 Å². The molecule has 3 N–H and O–H groups in total. The summed E-state index contributed by atoms with van der Waals surface area (Å²) < 4.78 is 5.53. The van der Waals surface area contributed by atoms with Crippen LogP contribution in [0.5, 0.6) is 5.75 Å². The molecule has 0 fully saturated rings. The first kappa shape index (κ1) is 12.2. The third kappa shape index (κ3) is 3.62. The number of nitrogens with zero attached hydrogens (tertiary/aromatic N) is 2. The Labute approximate surface area is 106 Å². The third-order valence-electron chi connectivity index (χ3n) is 2.31. The van der Waals surface area contributed by atoms with E-state index in [0.29, 0.717) is 19.1 Å². The zero-order chi connectivity index (χ0) is 12.8. The Hall–Kier alpha value is -2.30. The summed E-state index contributed by atoms with van der Waals surface area (Å²) in [7, 11) is 0. The number of hydrogen-bond acceptors (Lipinski definition) is 5. The van der Waals surface area contributed by atoms with Gasteiger partial charge < -0.3 is 15.8 Å². The van der Waals surface area contributed by atoms with Crippen molar-refractivity contribution in [2.75, 3.05) is 24.2 Å². The van der Waals surface area contributed by atoms with Crippen molar-refractivity contribution in [2.45, 2.75) is 6.92 Å². The minimum Gasteiger partial charge on any atom is -0.492 e. The van der Waals surface area contributed by atoms with Gasteiger partial charge in [0.15, 0.2) is 0 Å². The molecule has 0 aliphatic carbocycles. The topological polar surface area (TPSA) is 73.1 Å². The number of hydrogen-bond donors (Lipinski definition) is 2. The molecule has 0 aliphatic rings. The molecule has 2 aromatic rings. The second-order valence-corrected chi connectivity index (χ2v) is 3.93.